The van der Waals surface area contributed by atoms with Crippen molar-refractivity contribution < 1.29 is 9.53 Å². The number of hydrogen-bond donors (Lipinski definition) is 1. The van der Waals surface area contributed by atoms with E-state index in [1.165, 1.54) is 51.4 Å². The monoisotopic (exact) mass is 336 g/mol. The van der Waals surface area contributed by atoms with Crippen molar-refractivity contribution in [2.45, 2.75) is 76.4 Å². The van der Waals surface area contributed by atoms with Crippen molar-refractivity contribution in [2.75, 3.05) is 6.61 Å². The third-order valence-corrected chi connectivity index (χ3v) is 4.59. The Morgan fingerprint density at radius 1 is 0.913 bits per heavy atom. The van der Waals surface area contributed by atoms with E-state index in [0.717, 1.165) is 18.4 Å². The summed E-state index contributed by atoms with van der Waals surface area (Å²) >= 11 is 4.35. The van der Waals surface area contributed by atoms with Crippen LogP contribution in [-0.4, -0.2) is 12.6 Å². The molecule has 0 N–H and O–H groups in total. The van der Waals surface area contributed by atoms with Gasteiger partial charge in [-0.2, -0.15) is 12.6 Å². The van der Waals surface area contributed by atoms with Gasteiger partial charge in [-0.25, -0.2) is 0 Å². The molecule has 1 aromatic rings. The van der Waals surface area contributed by atoms with Gasteiger partial charge in [0.2, 0.25) is 0 Å². The molecule has 0 amide bonds. The van der Waals surface area contributed by atoms with Crippen molar-refractivity contribution in [1.29, 1.82) is 0 Å². The Morgan fingerprint density at radius 2 is 1.43 bits per heavy atom. The Balaban J connectivity index is 1.95. The lowest BCUT2D eigenvalue weighted by Gasteiger charge is -2.11. The van der Waals surface area contributed by atoms with Crippen LogP contribution in [-0.2, 0) is 9.53 Å². The van der Waals surface area contributed by atoms with Crippen molar-refractivity contribution >= 4 is 18.6 Å². The first-order valence-electron chi connectivity index (χ1n) is 9.15. The molecule has 0 heterocycles. The van der Waals surface area contributed by atoms with Crippen molar-refractivity contribution in [3.63, 3.8) is 0 Å². The van der Waals surface area contributed by atoms with E-state index < -0.39 is 5.25 Å². The third-order valence-electron chi connectivity index (χ3n) is 4.08. The quantitative estimate of drug-likeness (QED) is 0.267. The van der Waals surface area contributed by atoms with Crippen LogP contribution < -0.4 is 0 Å². The van der Waals surface area contributed by atoms with Gasteiger partial charge in [0.15, 0.2) is 0 Å². The maximum Gasteiger partial charge on any atom is 0.323 e. The first-order chi connectivity index (χ1) is 11.3. The highest BCUT2D eigenvalue weighted by molar-refractivity contribution is 7.81. The van der Waals surface area contributed by atoms with Gasteiger partial charge < -0.3 is 4.74 Å². The summed E-state index contributed by atoms with van der Waals surface area (Å²) in [5.74, 6) is -0.240. The molecule has 1 unspecified atom stereocenters. The molecule has 0 aromatic heterocycles. The molecule has 1 rings (SSSR count). The largest absolute Gasteiger partial charge is 0.465 e. The Morgan fingerprint density at radius 3 is 2.00 bits per heavy atom. The lowest BCUT2D eigenvalue weighted by Crippen LogP contribution is -2.12. The summed E-state index contributed by atoms with van der Waals surface area (Å²) in [6, 6.07) is 9.56. The second-order valence-corrected chi connectivity index (χ2v) is 6.68. The number of rotatable bonds is 13. The lowest BCUT2D eigenvalue weighted by molar-refractivity contribution is -0.143. The Labute approximate surface area is 147 Å². The molecule has 0 spiro atoms. The molecule has 0 fully saturated rings. The van der Waals surface area contributed by atoms with Crippen molar-refractivity contribution in [2.24, 2.45) is 0 Å². The van der Waals surface area contributed by atoms with Crippen LogP contribution in [0.3, 0.4) is 0 Å². The fourth-order valence-corrected chi connectivity index (χ4v) is 2.86. The summed E-state index contributed by atoms with van der Waals surface area (Å²) in [7, 11) is 0. The van der Waals surface area contributed by atoms with Gasteiger partial charge >= 0.3 is 5.97 Å². The van der Waals surface area contributed by atoms with Crippen molar-refractivity contribution in [3.05, 3.63) is 35.9 Å². The first kappa shape index (κ1) is 20.1. The van der Waals surface area contributed by atoms with Gasteiger partial charge in [0.05, 0.1) is 6.61 Å². The zero-order chi connectivity index (χ0) is 16.8. The van der Waals surface area contributed by atoms with E-state index in [1.807, 2.05) is 30.3 Å². The van der Waals surface area contributed by atoms with Gasteiger partial charge in [-0.15, -0.1) is 0 Å². The highest BCUT2D eigenvalue weighted by atomic mass is 32.1. The molecule has 3 heteroatoms. The molecule has 1 atom stereocenters. The Kier molecular flexibility index (Phi) is 11.8. The van der Waals surface area contributed by atoms with E-state index in [4.69, 9.17) is 4.74 Å². The van der Waals surface area contributed by atoms with Crippen LogP contribution >= 0.6 is 12.6 Å². The number of unbranched alkanes of at least 4 members (excludes halogenated alkanes) is 9. The minimum atomic E-state index is -0.473. The van der Waals surface area contributed by atoms with Crippen LogP contribution in [0, 0.1) is 0 Å². The molecule has 1 aromatic carbocycles. The van der Waals surface area contributed by atoms with E-state index in [0.29, 0.717) is 6.61 Å². The first-order valence-corrected chi connectivity index (χ1v) is 9.67. The lowest BCUT2D eigenvalue weighted by atomic mass is 10.1. The molecular formula is C20H32O2S. The number of ether oxygens (including phenoxy) is 1. The molecule has 0 saturated carbocycles. The standard InChI is InChI=1S/C20H32O2S/c1-2-3-4-5-6-7-8-9-10-14-17-22-20(21)19(23)18-15-12-11-13-16-18/h11-13,15-16,19,23H,2-10,14,17H2,1H3. The number of carbonyl (C=O) groups excluding carboxylic acids is 1. The van der Waals surface area contributed by atoms with Gasteiger partial charge in [0, 0.05) is 0 Å². The summed E-state index contributed by atoms with van der Waals surface area (Å²) in [6.07, 6.45) is 12.8. The maximum atomic E-state index is 11.9. The SMILES string of the molecule is CCCCCCCCCCCCOC(=O)C(S)c1ccccc1. The van der Waals surface area contributed by atoms with Crippen molar-refractivity contribution in [1.82, 2.24) is 0 Å². The van der Waals surface area contributed by atoms with E-state index in [-0.39, 0.29) is 5.97 Å². The third kappa shape index (κ3) is 9.70. The molecule has 0 radical (unpaired) electrons. The predicted molar refractivity (Wildman–Crippen MR) is 101 cm³/mol. The minimum Gasteiger partial charge on any atom is -0.465 e. The fourth-order valence-electron chi connectivity index (χ4n) is 2.61. The summed E-state index contributed by atoms with van der Waals surface area (Å²) in [5, 5.41) is -0.473. The molecule has 0 aliphatic rings. The summed E-state index contributed by atoms with van der Waals surface area (Å²) in [6.45, 7) is 2.77. The van der Waals surface area contributed by atoms with Gasteiger partial charge in [-0.05, 0) is 12.0 Å². The summed E-state index contributed by atoms with van der Waals surface area (Å²) < 4.78 is 5.31. The molecule has 0 saturated heterocycles. The predicted octanol–water partition coefficient (Wildman–Crippen LogP) is 6.12. The van der Waals surface area contributed by atoms with E-state index in [9.17, 15) is 4.79 Å². The van der Waals surface area contributed by atoms with Crippen LogP contribution in [0.1, 0.15) is 81.9 Å². The summed E-state index contributed by atoms with van der Waals surface area (Å²) in [4.78, 5) is 11.9. The zero-order valence-corrected chi connectivity index (χ0v) is 15.4. The number of carbonyl (C=O) groups is 1. The number of benzene rings is 1. The smallest absolute Gasteiger partial charge is 0.323 e. The zero-order valence-electron chi connectivity index (χ0n) is 14.5. The Bertz CT molecular complexity index is 405. The van der Waals surface area contributed by atoms with Crippen LogP contribution in [0.2, 0.25) is 0 Å². The molecule has 0 bridgehead atoms. The molecule has 0 aliphatic heterocycles. The van der Waals surface area contributed by atoms with Gasteiger partial charge in [-0.1, -0.05) is 95.0 Å². The van der Waals surface area contributed by atoms with Crippen LogP contribution in [0.15, 0.2) is 30.3 Å². The van der Waals surface area contributed by atoms with Crippen LogP contribution in [0.5, 0.6) is 0 Å². The second-order valence-electron chi connectivity index (χ2n) is 6.16. The molecular weight excluding hydrogens is 304 g/mol. The topological polar surface area (TPSA) is 26.3 Å². The van der Waals surface area contributed by atoms with Crippen molar-refractivity contribution in [3.8, 4) is 0 Å². The second kappa shape index (κ2) is 13.5. The highest BCUT2D eigenvalue weighted by Crippen LogP contribution is 2.21. The average Bonchev–Trinajstić information content (AvgIpc) is 2.59. The molecule has 130 valence electrons. The number of hydrogen-bond acceptors (Lipinski definition) is 3. The molecule has 2 nitrogen and oxygen atoms in total. The van der Waals surface area contributed by atoms with E-state index in [2.05, 4.69) is 19.6 Å². The van der Waals surface area contributed by atoms with Crippen LogP contribution in [0.4, 0.5) is 0 Å². The van der Waals surface area contributed by atoms with Gasteiger partial charge in [-0.3, -0.25) is 4.79 Å². The minimum absolute atomic E-state index is 0.240. The van der Waals surface area contributed by atoms with Crippen LogP contribution in [0.25, 0.3) is 0 Å². The highest BCUT2D eigenvalue weighted by Gasteiger charge is 2.16. The van der Waals surface area contributed by atoms with Gasteiger partial charge in [0.25, 0.3) is 0 Å². The summed E-state index contributed by atoms with van der Waals surface area (Å²) in [5.41, 5.74) is 0.893. The number of esters is 1. The van der Waals surface area contributed by atoms with Gasteiger partial charge in [0.1, 0.15) is 5.25 Å². The number of thiol groups is 1. The molecule has 0 aliphatic carbocycles. The van der Waals surface area contributed by atoms with E-state index >= 15 is 0 Å². The normalized spacial score (nSPS) is 12.1. The average molecular weight is 337 g/mol. The van der Waals surface area contributed by atoms with E-state index in [1.54, 1.807) is 0 Å². The fraction of sp³-hybridized carbons (Fsp3) is 0.650. The molecule has 23 heavy (non-hydrogen) atoms. The maximum absolute atomic E-state index is 11.9. The Hall–Kier alpha value is -0.960.